The van der Waals surface area contributed by atoms with Gasteiger partial charge in [0.15, 0.2) is 5.78 Å². The van der Waals surface area contributed by atoms with Crippen molar-refractivity contribution in [1.29, 1.82) is 0 Å². The number of para-hydroxylation sites is 2. The van der Waals surface area contributed by atoms with Crippen molar-refractivity contribution in [1.82, 2.24) is 0 Å². The highest BCUT2D eigenvalue weighted by Gasteiger charge is 2.38. The molecule has 2 aliphatic rings. The molecule has 0 amide bonds. The Labute approximate surface area is 137 Å². The molecule has 0 bridgehead atoms. The van der Waals surface area contributed by atoms with Gasteiger partial charge in [-0.1, -0.05) is 18.2 Å². The van der Waals surface area contributed by atoms with Gasteiger partial charge in [0.1, 0.15) is 11.4 Å². The highest BCUT2D eigenvalue weighted by atomic mass is 16.6. The molecule has 0 saturated carbocycles. The number of ketones is 1. The lowest BCUT2D eigenvalue weighted by molar-refractivity contribution is -0.384. The van der Waals surface area contributed by atoms with Crippen LogP contribution in [0.2, 0.25) is 0 Å². The normalized spacial score (nSPS) is 18.2. The second-order valence-electron chi connectivity index (χ2n) is 5.58. The minimum Gasteiger partial charge on any atom is -0.465 e. The molecule has 0 fully saturated rings. The Balaban J connectivity index is 1.88. The Morgan fingerprint density at radius 1 is 1.21 bits per heavy atom. The molecular formula is C17H13N3O4. The first-order valence-corrected chi connectivity index (χ1v) is 7.35. The maximum atomic E-state index is 12.8. The van der Waals surface area contributed by atoms with Crippen molar-refractivity contribution >= 4 is 22.8 Å². The van der Waals surface area contributed by atoms with Crippen LogP contribution in [0.5, 0.6) is 5.75 Å². The number of anilines is 2. The maximum absolute atomic E-state index is 12.8. The van der Waals surface area contributed by atoms with Crippen molar-refractivity contribution in [3.05, 3.63) is 69.9 Å². The quantitative estimate of drug-likeness (QED) is 0.641. The van der Waals surface area contributed by atoms with E-state index in [1.54, 1.807) is 54.5 Å². The number of likely N-dealkylation sites (N-methyl/N-ethyl adjacent to an activating group) is 1. The van der Waals surface area contributed by atoms with E-state index < -0.39 is 11.2 Å². The van der Waals surface area contributed by atoms with E-state index in [1.807, 2.05) is 0 Å². The minimum absolute atomic E-state index is 0.0490. The second kappa shape index (κ2) is 5.09. The van der Waals surface area contributed by atoms with Gasteiger partial charge in [-0.25, -0.2) is 0 Å². The molecule has 1 N–H and O–H groups in total. The molecular weight excluding hydrogens is 310 g/mol. The Hall–Kier alpha value is -3.35. The van der Waals surface area contributed by atoms with Gasteiger partial charge in [0.25, 0.3) is 5.69 Å². The highest BCUT2D eigenvalue weighted by molar-refractivity contribution is 6.13. The average molecular weight is 323 g/mol. The van der Waals surface area contributed by atoms with Crippen LogP contribution in [0.3, 0.4) is 0 Å². The van der Waals surface area contributed by atoms with Crippen molar-refractivity contribution in [2.45, 2.75) is 6.23 Å². The number of hydrogen-bond acceptors (Lipinski definition) is 6. The number of nitrogens with one attached hydrogen (secondary N) is 1. The van der Waals surface area contributed by atoms with Crippen molar-refractivity contribution in [2.75, 3.05) is 17.3 Å². The molecule has 0 radical (unpaired) electrons. The predicted octanol–water partition coefficient (Wildman–Crippen LogP) is 2.94. The SMILES string of the molecule is CN1c2c(cccc2[N+](=O)[O-])NC=C2C(=O)c3ccccc3OC21. The number of fused-ring (bicyclic) bond motifs is 3. The molecule has 1 atom stereocenters. The second-order valence-corrected chi connectivity index (χ2v) is 5.58. The Morgan fingerprint density at radius 2 is 2.00 bits per heavy atom. The van der Waals surface area contributed by atoms with Crippen LogP contribution in [0.4, 0.5) is 17.1 Å². The maximum Gasteiger partial charge on any atom is 0.294 e. The van der Waals surface area contributed by atoms with Crippen LogP contribution in [0, 0.1) is 10.1 Å². The molecule has 4 rings (SSSR count). The lowest BCUT2D eigenvalue weighted by atomic mass is 9.98. The van der Waals surface area contributed by atoms with Crippen LogP contribution in [-0.2, 0) is 0 Å². The third kappa shape index (κ3) is 1.95. The first-order valence-electron chi connectivity index (χ1n) is 7.35. The number of rotatable bonds is 1. The predicted molar refractivity (Wildman–Crippen MR) is 88.4 cm³/mol. The molecule has 0 aromatic heterocycles. The van der Waals surface area contributed by atoms with Crippen LogP contribution in [-0.4, -0.2) is 24.0 Å². The van der Waals surface area contributed by atoms with E-state index in [9.17, 15) is 14.9 Å². The summed E-state index contributed by atoms with van der Waals surface area (Å²) in [4.78, 5) is 25.3. The van der Waals surface area contributed by atoms with E-state index in [1.165, 1.54) is 6.07 Å². The zero-order chi connectivity index (χ0) is 16.8. The molecule has 2 aromatic rings. The zero-order valence-electron chi connectivity index (χ0n) is 12.7. The summed E-state index contributed by atoms with van der Waals surface area (Å²) in [5, 5.41) is 14.4. The van der Waals surface area contributed by atoms with E-state index in [2.05, 4.69) is 5.32 Å². The number of Topliss-reactive ketones (excluding diaryl/α,β-unsaturated/α-hetero) is 1. The summed E-state index contributed by atoms with van der Waals surface area (Å²) in [6, 6.07) is 11.7. The molecule has 0 aliphatic carbocycles. The molecule has 2 aromatic carbocycles. The highest BCUT2D eigenvalue weighted by Crippen LogP contribution is 2.42. The third-order valence-electron chi connectivity index (χ3n) is 4.20. The summed E-state index contributed by atoms with van der Waals surface area (Å²) in [5.41, 5.74) is 1.77. The number of nitro benzene ring substituents is 1. The Kier molecular flexibility index (Phi) is 3.02. The standard InChI is InChI=1S/C17H13N3O4/c1-19-15-12(6-4-7-13(15)20(22)23)18-9-11-16(21)10-5-2-3-8-14(10)24-17(11)19/h2-9,17-18H,1H3. The van der Waals surface area contributed by atoms with E-state index in [0.717, 1.165) is 0 Å². The fourth-order valence-electron chi connectivity index (χ4n) is 3.07. The molecule has 0 spiro atoms. The molecule has 24 heavy (non-hydrogen) atoms. The molecule has 0 saturated heterocycles. The molecule has 1 unspecified atom stereocenters. The minimum atomic E-state index is -0.734. The summed E-state index contributed by atoms with van der Waals surface area (Å²) in [7, 11) is 1.68. The van der Waals surface area contributed by atoms with Gasteiger partial charge in [-0.2, -0.15) is 0 Å². The number of carbonyl (C=O) groups is 1. The molecule has 2 aliphatic heterocycles. The monoisotopic (exact) mass is 323 g/mol. The lowest BCUT2D eigenvalue weighted by Crippen LogP contribution is -2.43. The summed E-state index contributed by atoms with van der Waals surface area (Å²) in [5.74, 6) is 0.315. The van der Waals surface area contributed by atoms with Gasteiger partial charge in [0.2, 0.25) is 6.23 Å². The van der Waals surface area contributed by atoms with Gasteiger partial charge in [-0.3, -0.25) is 14.9 Å². The van der Waals surface area contributed by atoms with Crippen molar-refractivity contribution in [3.8, 4) is 5.75 Å². The van der Waals surface area contributed by atoms with E-state index >= 15 is 0 Å². The van der Waals surface area contributed by atoms with Crippen LogP contribution in [0.25, 0.3) is 0 Å². The number of nitrogens with zero attached hydrogens (tertiary/aromatic N) is 2. The first-order chi connectivity index (χ1) is 11.6. The van der Waals surface area contributed by atoms with Crippen molar-refractivity contribution in [3.63, 3.8) is 0 Å². The van der Waals surface area contributed by atoms with Gasteiger partial charge in [-0.15, -0.1) is 0 Å². The number of carbonyl (C=O) groups excluding carboxylic acids is 1. The number of ether oxygens (including phenoxy) is 1. The number of hydrogen-bond donors (Lipinski definition) is 1. The Morgan fingerprint density at radius 3 is 2.79 bits per heavy atom. The van der Waals surface area contributed by atoms with Gasteiger partial charge < -0.3 is 15.0 Å². The van der Waals surface area contributed by atoms with Crippen LogP contribution in [0.15, 0.2) is 54.2 Å². The van der Waals surface area contributed by atoms with Crippen molar-refractivity contribution in [2.24, 2.45) is 0 Å². The summed E-state index contributed by atoms with van der Waals surface area (Å²) < 4.78 is 5.96. The van der Waals surface area contributed by atoms with Gasteiger partial charge in [0, 0.05) is 19.3 Å². The van der Waals surface area contributed by atoms with Crippen LogP contribution >= 0.6 is 0 Å². The third-order valence-corrected chi connectivity index (χ3v) is 4.20. The molecule has 2 heterocycles. The lowest BCUT2D eigenvalue weighted by Gasteiger charge is -2.33. The van der Waals surface area contributed by atoms with Crippen molar-refractivity contribution < 1.29 is 14.5 Å². The topological polar surface area (TPSA) is 84.7 Å². The van der Waals surface area contributed by atoms with E-state index in [0.29, 0.717) is 28.3 Å². The zero-order valence-corrected chi connectivity index (χ0v) is 12.7. The summed E-state index contributed by atoms with van der Waals surface area (Å²) in [6.07, 6.45) is 0.830. The Bertz CT molecular complexity index is 906. The van der Waals surface area contributed by atoms with Crippen LogP contribution in [0.1, 0.15) is 10.4 Å². The van der Waals surface area contributed by atoms with Crippen LogP contribution < -0.4 is 15.0 Å². The molecule has 120 valence electrons. The molecule has 7 heteroatoms. The van der Waals surface area contributed by atoms with E-state index in [-0.39, 0.29) is 11.5 Å². The summed E-state index contributed by atoms with van der Waals surface area (Å²) in [6.45, 7) is 0. The fourth-order valence-corrected chi connectivity index (χ4v) is 3.07. The number of nitro groups is 1. The first kappa shape index (κ1) is 14.3. The molecule has 7 nitrogen and oxygen atoms in total. The fraction of sp³-hybridized carbons (Fsp3) is 0.118. The van der Waals surface area contributed by atoms with Gasteiger partial charge in [-0.05, 0) is 18.2 Å². The average Bonchev–Trinajstić information content (AvgIpc) is 2.73. The largest absolute Gasteiger partial charge is 0.465 e. The smallest absolute Gasteiger partial charge is 0.294 e. The van der Waals surface area contributed by atoms with Gasteiger partial charge in [0.05, 0.1) is 21.7 Å². The van der Waals surface area contributed by atoms with Gasteiger partial charge >= 0.3 is 0 Å². The van der Waals surface area contributed by atoms with E-state index in [4.69, 9.17) is 4.74 Å². The number of benzene rings is 2. The summed E-state index contributed by atoms with van der Waals surface area (Å²) >= 11 is 0.